The topological polar surface area (TPSA) is 38.9 Å². The Morgan fingerprint density at radius 3 is 2.83 bits per heavy atom. The fourth-order valence-electron chi connectivity index (χ4n) is 1.20. The van der Waals surface area contributed by atoms with Gasteiger partial charge in [-0.3, -0.25) is 0 Å². The molecule has 4 heteroatoms. The lowest BCUT2D eigenvalue weighted by atomic mass is 10.2. The van der Waals surface area contributed by atoms with Crippen molar-refractivity contribution in [3.8, 4) is 0 Å². The van der Waals surface area contributed by atoms with Crippen molar-refractivity contribution in [2.75, 3.05) is 5.73 Å². The van der Waals surface area contributed by atoms with Crippen LogP contribution in [0.4, 0.5) is 5.13 Å². The van der Waals surface area contributed by atoms with Crippen LogP contribution in [0.5, 0.6) is 0 Å². The van der Waals surface area contributed by atoms with Crippen molar-refractivity contribution < 1.29 is 0 Å². The van der Waals surface area contributed by atoms with Gasteiger partial charge >= 0.3 is 0 Å². The predicted molar refractivity (Wildman–Crippen MR) is 54.8 cm³/mol. The first kappa shape index (κ1) is 9.81. The molecule has 2 rings (SSSR count). The Labute approximate surface area is 82.6 Å². The Morgan fingerprint density at radius 1 is 1.58 bits per heavy atom. The molecular weight excluding hydrogens is 192 g/mol. The molecule has 68 valence electrons. The Kier molecular flexibility index (Phi) is 3.35. The Morgan fingerprint density at radius 2 is 2.33 bits per heavy atom. The number of hydrogen-bond acceptors (Lipinski definition) is 3. The highest BCUT2D eigenvalue weighted by Crippen LogP contribution is 2.33. The number of thiazole rings is 1. The van der Waals surface area contributed by atoms with Crippen LogP contribution in [0.3, 0.4) is 0 Å². The van der Waals surface area contributed by atoms with E-state index in [1.54, 1.807) is 11.3 Å². The minimum atomic E-state index is 0. The smallest absolute Gasteiger partial charge is 0.180 e. The van der Waals surface area contributed by atoms with Crippen LogP contribution in [-0.4, -0.2) is 4.98 Å². The molecule has 1 aliphatic rings. The molecule has 0 aliphatic heterocycles. The van der Waals surface area contributed by atoms with Crippen molar-refractivity contribution in [3.05, 3.63) is 11.1 Å². The van der Waals surface area contributed by atoms with Crippen molar-refractivity contribution in [3.63, 3.8) is 0 Å². The number of anilines is 1. The summed E-state index contributed by atoms with van der Waals surface area (Å²) in [7, 11) is 0. The van der Waals surface area contributed by atoms with Gasteiger partial charge in [-0.15, -0.1) is 23.7 Å². The van der Waals surface area contributed by atoms with Gasteiger partial charge in [-0.1, -0.05) is 12.8 Å². The van der Waals surface area contributed by atoms with Gasteiger partial charge in [-0.05, 0) is 18.8 Å². The molecule has 1 aromatic heterocycles. The van der Waals surface area contributed by atoms with Crippen LogP contribution in [0.25, 0.3) is 0 Å². The first-order valence-electron chi connectivity index (χ1n) is 4.04. The van der Waals surface area contributed by atoms with E-state index in [2.05, 4.69) is 10.4 Å². The number of rotatable bonds is 3. The van der Waals surface area contributed by atoms with Crippen molar-refractivity contribution in [1.82, 2.24) is 4.98 Å². The average molecular weight is 205 g/mol. The quantitative estimate of drug-likeness (QED) is 0.822. The van der Waals surface area contributed by atoms with Crippen molar-refractivity contribution >= 4 is 28.9 Å². The first-order chi connectivity index (χ1) is 5.34. The molecule has 0 unspecified atom stereocenters. The Hall–Kier alpha value is -0.280. The summed E-state index contributed by atoms with van der Waals surface area (Å²) in [6.45, 7) is 0. The second kappa shape index (κ2) is 4.10. The summed E-state index contributed by atoms with van der Waals surface area (Å²) >= 11 is 1.54. The molecule has 0 radical (unpaired) electrons. The van der Waals surface area contributed by atoms with E-state index in [-0.39, 0.29) is 12.4 Å². The normalized spacial score (nSPS) is 15.7. The van der Waals surface area contributed by atoms with E-state index >= 15 is 0 Å². The van der Waals surface area contributed by atoms with Crippen molar-refractivity contribution in [2.24, 2.45) is 5.92 Å². The molecule has 0 atom stereocenters. The standard InChI is InChI=1S/C8H12N2S.ClH/c9-8-10-7(5-11-8)4-3-6-1-2-6;/h5-6H,1-4H2,(H2,9,10);1H. The lowest BCUT2D eigenvalue weighted by Crippen LogP contribution is -1.88. The van der Waals surface area contributed by atoms with E-state index in [1.165, 1.54) is 25.0 Å². The summed E-state index contributed by atoms with van der Waals surface area (Å²) in [6, 6.07) is 0. The SMILES string of the molecule is Cl.Nc1nc(CCC2CC2)cs1. The second-order valence-electron chi connectivity index (χ2n) is 3.16. The summed E-state index contributed by atoms with van der Waals surface area (Å²) in [4.78, 5) is 4.21. The van der Waals surface area contributed by atoms with E-state index in [4.69, 9.17) is 5.73 Å². The van der Waals surface area contributed by atoms with Gasteiger partial charge in [0.25, 0.3) is 0 Å². The van der Waals surface area contributed by atoms with E-state index in [9.17, 15) is 0 Å². The third-order valence-corrected chi connectivity index (χ3v) is 2.80. The van der Waals surface area contributed by atoms with Crippen molar-refractivity contribution in [2.45, 2.75) is 25.7 Å². The number of aryl methyl sites for hydroxylation is 1. The predicted octanol–water partition coefficient (Wildman–Crippen LogP) is 2.49. The minimum Gasteiger partial charge on any atom is -0.375 e. The molecule has 0 spiro atoms. The highest BCUT2D eigenvalue weighted by Gasteiger charge is 2.20. The monoisotopic (exact) mass is 204 g/mol. The lowest BCUT2D eigenvalue weighted by Gasteiger charge is -1.91. The van der Waals surface area contributed by atoms with E-state index in [0.29, 0.717) is 5.13 Å². The van der Waals surface area contributed by atoms with Gasteiger partial charge in [0.15, 0.2) is 5.13 Å². The molecule has 1 heterocycles. The summed E-state index contributed by atoms with van der Waals surface area (Å²) < 4.78 is 0. The summed E-state index contributed by atoms with van der Waals surface area (Å²) in [5.41, 5.74) is 6.69. The number of nitrogens with two attached hydrogens (primary N) is 1. The van der Waals surface area contributed by atoms with E-state index in [1.807, 2.05) is 0 Å². The molecule has 0 amide bonds. The van der Waals surface area contributed by atoms with E-state index < -0.39 is 0 Å². The molecule has 1 aromatic rings. The van der Waals surface area contributed by atoms with E-state index in [0.717, 1.165) is 12.3 Å². The number of nitrogens with zero attached hydrogens (tertiary/aromatic N) is 1. The van der Waals surface area contributed by atoms with Gasteiger partial charge in [0.2, 0.25) is 0 Å². The van der Waals surface area contributed by atoms with Crippen LogP contribution in [0.15, 0.2) is 5.38 Å². The molecular formula is C8H13ClN2S. The zero-order valence-electron chi connectivity index (χ0n) is 6.82. The molecule has 1 fully saturated rings. The molecule has 2 N–H and O–H groups in total. The third kappa shape index (κ3) is 2.64. The van der Waals surface area contributed by atoms with Crippen LogP contribution < -0.4 is 5.73 Å². The minimum absolute atomic E-state index is 0. The van der Waals surface area contributed by atoms with Crippen molar-refractivity contribution in [1.29, 1.82) is 0 Å². The van der Waals surface area contributed by atoms with Crippen LogP contribution >= 0.6 is 23.7 Å². The summed E-state index contributed by atoms with van der Waals surface area (Å²) in [6.07, 6.45) is 5.29. The first-order valence-corrected chi connectivity index (χ1v) is 4.92. The van der Waals surface area contributed by atoms with Gasteiger partial charge in [-0.25, -0.2) is 4.98 Å². The van der Waals surface area contributed by atoms with Crippen LogP contribution in [0.1, 0.15) is 25.0 Å². The average Bonchev–Trinajstić information content (AvgIpc) is 2.72. The number of nitrogen functional groups attached to an aromatic ring is 1. The molecule has 12 heavy (non-hydrogen) atoms. The molecule has 0 bridgehead atoms. The van der Waals surface area contributed by atoms with Crippen LogP contribution in [-0.2, 0) is 6.42 Å². The third-order valence-electron chi connectivity index (χ3n) is 2.08. The van der Waals surface area contributed by atoms with Crippen LogP contribution in [0.2, 0.25) is 0 Å². The highest BCUT2D eigenvalue weighted by molar-refractivity contribution is 7.13. The van der Waals surface area contributed by atoms with Crippen LogP contribution in [0, 0.1) is 5.92 Å². The molecule has 0 aromatic carbocycles. The zero-order chi connectivity index (χ0) is 7.68. The molecule has 2 nitrogen and oxygen atoms in total. The van der Waals surface area contributed by atoms with Gasteiger partial charge in [0, 0.05) is 5.38 Å². The zero-order valence-corrected chi connectivity index (χ0v) is 8.46. The van der Waals surface area contributed by atoms with Gasteiger partial charge in [-0.2, -0.15) is 0 Å². The molecule has 0 saturated heterocycles. The number of halogens is 1. The maximum atomic E-state index is 5.51. The number of hydrogen-bond donors (Lipinski definition) is 1. The highest BCUT2D eigenvalue weighted by atomic mass is 35.5. The largest absolute Gasteiger partial charge is 0.375 e. The lowest BCUT2D eigenvalue weighted by molar-refractivity contribution is 0.717. The molecule has 1 saturated carbocycles. The Bertz CT molecular complexity index is 245. The number of aromatic nitrogens is 1. The molecule has 1 aliphatic carbocycles. The fourth-order valence-corrected chi connectivity index (χ4v) is 1.79. The summed E-state index contributed by atoms with van der Waals surface area (Å²) in [5, 5.41) is 2.77. The van der Waals surface area contributed by atoms with Gasteiger partial charge in [0.05, 0.1) is 5.69 Å². The van der Waals surface area contributed by atoms with Gasteiger partial charge < -0.3 is 5.73 Å². The second-order valence-corrected chi connectivity index (χ2v) is 4.05. The van der Waals surface area contributed by atoms with Gasteiger partial charge in [0.1, 0.15) is 0 Å². The maximum Gasteiger partial charge on any atom is 0.180 e. The fraction of sp³-hybridized carbons (Fsp3) is 0.625. The maximum absolute atomic E-state index is 5.51. The Balaban J connectivity index is 0.000000720. The summed E-state index contributed by atoms with van der Waals surface area (Å²) in [5.74, 6) is 0.998.